The monoisotopic (exact) mass is 325 g/mol. The molecule has 0 N–H and O–H groups in total. The Kier molecular flexibility index (Phi) is 3.51. The minimum Gasteiger partial charge on any atom is -0.351 e. The van der Waals surface area contributed by atoms with Crippen molar-refractivity contribution in [2.24, 2.45) is 0 Å². The van der Waals surface area contributed by atoms with Crippen LogP contribution in [0, 0.1) is 13.8 Å². The van der Waals surface area contributed by atoms with Crippen LogP contribution in [0.3, 0.4) is 0 Å². The average molecular weight is 325 g/mol. The van der Waals surface area contributed by atoms with Crippen molar-refractivity contribution in [2.45, 2.75) is 39.3 Å². The van der Waals surface area contributed by atoms with Crippen LogP contribution in [0.5, 0.6) is 0 Å². The Morgan fingerprint density at radius 3 is 3.00 bits per heavy atom. The SMILES string of the molecule is Cc1nc2ncnn2c(N2CCCC2Cn2ncccc2=O)c1C. The molecule has 8 nitrogen and oxygen atoms in total. The van der Waals surface area contributed by atoms with Crippen molar-refractivity contribution >= 4 is 11.6 Å². The molecule has 4 rings (SSSR count). The minimum absolute atomic E-state index is 0.0714. The highest BCUT2D eigenvalue weighted by molar-refractivity contribution is 5.55. The van der Waals surface area contributed by atoms with Crippen LogP contribution in [0.25, 0.3) is 5.78 Å². The lowest BCUT2D eigenvalue weighted by molar-refractivity contribution is 0.485. The minimum atomic E-state index is -0.0714. The molecule has 0 saturated carbocycles. The van der Waals surface area contributed by atoms with Gasteiger partial charge in [-0.05, 0) is 32.8 Å². The van der Waals surface area contributed by atoms with Crippen LogP contribution >= 0.6 is 0 Å². The Balaban J connectivity index is 1.76. The van der Waals surface area contributed by atoms with E-state index >= 15 is 0 Å². The van der Waals surface area contributed by atoms with E-state index in [0.29, 0.717) is 12.3 Å². The van der Waals surface area contributed by atoms with Crippen LogP contribution in [0.2, 0.25) is 0 Å². The van der Waals surface area contributed by atoms with Crippen LogP contribution < -0.4 is 10.5 Å². The lowest BCUT2D eigenvalue weighted by Gasteiger charge is -2.28. The molecule has 1 aliphatic rings. The Bertz CT molecular complexity index is 945. The summed E-state index contributed by atoms with van der Waals surface area (Å²) in [4.78, 5) is 23.0. The fourth-order valence-electron chi connectivity index (χ4n) is 3.38. The van der Waals surface area contributed by atoms with Gasteiger partial charge in [-0.1, -0.05) is 0 Å². The van der Waals surface area contributed by atoms with Gasteiger partial charge in [0.1, 0.15) is 12.1 Å². The van der Waals surface area contributed by atoms with Gasteiger partial charge in [-0.25, -0.2) is 9.67 Å². The van der Waals surface area contributed by atoms with E-state index in [9.17, 15) is 4.79 Å². The van der Waals surface area contributed by atoms with Crippen LogP contribution in [0.4, 0.5) is 5.82 Å². The van der Waals surface area contributed by atoms with Gasteiger partial charge in [-0.3, -0.25) is 4.79 Å². The number of hydrogen-bond donors (Lipinski definition) is 0. The van der Waals surface area contributed by atoms with E-state index < -0.39 is 0 Å². The van der Waals surface area contributed by atoms with Crippen LogP contribution in [0.1, 0.15) is 24.1 Å². The lowest BCUT2D eigenvalue weighted by atomic mass is 10.2. The molecule has 0 aromatic carbocycles. The molecule has 8 heteroatoms. The van der Waals surface area contributed by atoms with E-state index in [0.717, 1.165) is 36.5 Å². The second-order valence-electron chi connectivity index (χ2n) is 6.15. The standard InChI is InChI=1S/C16H19N7O/c1-11-12(2)20-16-17-10-19-23(16)15(11)21-8-4-5-13(21)9-22-14(24)6-3-7-18-22/h3,6-7,10,13H,4-5,8-9H2,1-2H3. The maximum atomic E-state index is 12.0. The predicted octanol–water partition coefficient (Wildman–Crippen LogP) is 0.967. The molecule has 3 aromatic heterocycles. The molecular formula is C16H19N7O. The van der Waals surface area contributed by atoms with Gasteiger partial charge in [-0.15, -0.1) is 0 Å². The number of hydrogen-bond acceptors (Lipinski definition) is 6. The maximum absolute atomic E-state index is 12.0. The molecule has 0 radical (unpaired) electrons. The zero-order chi connectivity index (χ0) is 16.7. The predicted molar refractivity (Wildman–Crippen MR) is 89.1 cm³/mol. The zero-order valence-electron chi connectivity index (χ0n) is 13.8. The molecule has 0 bridgehead atoms. The fourth-order valence-corrected chi connectivity index (χ4v) is 3.38. The molecule has 0 aliphatic carbocycles. The molecule has 4 heterocycles. The van der Waals surface area contributed by atoms with Crippen molar-refractivity contribution < 1.29 is 0 Å². The Labute approximate surface area is 138 Å². The number of aromatic nitrogens is 6. The van der Waals surface area contributed by atoms with E-state index in [4.69, 9.17) is 0 Å². The second-order valence-corrected chi connectivity index (χ2v) is 6.15. The van der Waals surface area contributed by atoms with E-state index in [2.05, 4.69) is 32.0 Å². The molecule has 1 saturated heterocycles. The van der Waals surface area contributed by atoms with Gasteiger partial charge in [0.25, 0.3) is 11.3 Å². The summed E-state index contributed by atoms with van der Waals surface area (Å²) < 4.78 is 3.33. The van der Waals surface area contributed by atoms with Crippen molar-refractivity contribution in [1.82, 2.24) is 29.4 Å². The normalized spacial score (nSPS) is 17.8. The summed E-state index contributed by atoms with van der Waals surface area (Å²) in [6.45, 7) is 5.53. The van der Waals surface area contributed by atoms with Crippen LogP contribution in [-0.2, 0) is 6.54 Å². The highest BCUT2D eigenvalue weighted by Crippen LogP contribution is 2.30. The number of rotatable bonds is 3. The lowest BCUT2D eigenvalue weighted by Crippen LogP contribution is -2.38. The van der Waals surface area contributed by atoms with Crippen molar-refractivity contribution in [3.8, 4) is 0 Å². The summed E-state index contributed by atoms with van der Waals surface area (Å²) in [6, 6.07) is 3.41. The van der Waals surface area contributed by atoms with Gasteiger partial charge in [0.15, 0.2) is 0 Å². The maximum Gasteiger partial charge on any atom is 0.266 e. The summed E-state index contributed by atoms with van der Waals surface area (Å²) in [6.07, 6.45) is 5.26. The molecule has 0 spiro atoms. The van der Waals surface area contributed by atoms with E-state index in [-0.39, 0.29) is 11.6 Å². The van der Waals surface area contributed by atoms with Gasteiger partial charge in [0.05, 0.1) is 12.6 Å². The molecule has 1 aliphatic heterocycles. The average Bonchev–Trinajstić information content (AvgIpc) is 3.20. The third-order valence-electron chi connectivity index (χ3n) is 4.69. The van der Waals surface area contributed by atoms with Crippen LogP contribution in [0.15, 0.2) is 29.5 Å². The Hall–Kier alpha value is -2.77. The first-order valence-electron chi connectivity index (χ1n) is 8.11. The van der Waals surface area contributed by atoms with E-state index in [1.165, 1.54) is 11.0 Å². The molecule has 24 heavy (non-hydrogen) atoms. The first-order valence-corrected chi connectivity index (χ1v) is 8.11. The topological polar surface area (TPSA) is 81.2 Å². The van der Waals surface area contributed by atoms with Crippen molar-refractivity contribution in [3.63, 3.8) is 0 Å². The largest absolute Gasteiger partial charge is 0.351 e. The highest BCUT2D eigenvalue weighted by Gasteiger charge is 2.29. The van der Waals surface area contributed by atoms with Crippen LogP contribution in [-0.4, -0.2) is 41.9 Å². The molecule has 0 amide bonds. The van der Waals surface area contributed by atoms with Gasteiger partial charge in [-0.2, -0.15) is 19.7 Å². The van der Waals surface area contributed by atoms with Crippen molar-refractivity contribution in [2.75, 3.05) is 11.4 Å². The van der Waals surface area contributed by atoms with Gasteiger partial charge in [0, 0.05) is 30.1 Å². The summed E-state index contributed by atoms with van der Waals surface area (Å²) >= 11 is 0. The molecule has 124 valence electrons. The summed E-state index contributed by atoms with van der Waals surface area (Å²) in [5.41, 5.74) is 1.97. The quantitative estimate of drug-likeness (QED) is 0.714. The number of anilines is 1. The molecular weight excluding hydrogens is 306 g/mol. The molecule has 1 atom stereocenters. The second kappa shape index (κ2) is 5.70. The van der Waals surface area contributed by atoms with Crippen molar-refractivity contribution in [3.05, 3.63) is 46.3 Å². The first-order chi connectivity index (χ1) is 11.6. The molecule has 3 aromatic rings. The third kappa shape index (κ3) is 2.34. The summed E-state index contributed by atoms with van der Waals surface area (Å²) in [7, 11) is 0. The number of aryl methyl sites for hydroxylation is 1. The highest BCUT2D eigenvalue weighted by atomic mass is 16.1. The van der Waals surface area contributed by atoms with Gasteiger partial charge in [0.2, 0.25) is 0 Å². The Morgan fingerprint density at radius 1 is 1.29 bits per heavy atom. The molecule has 1 fully saturated rings. The third-order valence-corrected chi connectivity index (χ3v) is 4.69. The Morgan fingerprint density at radius 2 is 2.17 bits per heavy atom. The smallest absolute Gasteiger partial charge is 0.266 e. The zero-order valence-corrected chi connectivity index (χ0v) is 13.8. The summed E-state index contributed by atoms with van der Waals surface area (Å²) in [5.74, 6) is 1.62. The number of nitrogens with zero attached hydrogens (tertiary/aromatic N) is 7. The van der Waals surface area contributed by atoms with Gasteiger partial charge >= 0.3 is 0 Å². The number of fused-ring (bicyclic) bond motifs is 1. The fraction of sp³-hybridized carbons (Fsp3) is 0.438. The van der Waals surface area contributed by atoms with E-state index in [1.54, 1.807) is 22.8 Å². The first kappa shape index (κ1) is 14.8. The van der Waals surface area contributed by atoms with E-state index in [1.807, 2.05) is 6.92 Å². The van der Waals surface area contributed by atoms with Gasteiger partial charge < -0.3 is 4.90 Å². The summed E-state index contributed by atoms with van der Waals surface area (Å²) in [5, 5.41) is 8.53. The molecule has 1 unspecified atom stereocenters. The van der Waals surface area contributed by atoms with Crippen molar-refractivity contribution in [1.29, 1.82) is 0 Å².